The maximum Gasteiger partial charge on any atom is 0.472 e. The second-order valence-corrected chi connectivity index (χ2v) is 12.9. The molecule has 0 saturated carbocycles. The van der Waals surface area contributed by atoms with Gasteiger partial charge in [0.25, 0.3) is 5.56 Å². The predicted molar refractivity (Wildman–Crippen MR) is 148 cm³/mol. The summed E-state index contributed by atoms with van der Waals surface area (Å²) in [6.07, 6.45) is -11.4. The van der Waals surface area contributed by atoms with E-state index in [1.807, 2.05) is 4.98 Å². The topological polar surface area (TPSA) is 319 Å². The summed E-state index contributed by atoms with van der Waals surface area (Å²) < 4.78 is 73.6. The molecule has 0 aliphatic carbocycles. The van der Waals surface area contributed by atoms with Crippen molar-refractivity contribution in [2.45, 2.75) is 55.6 Å². The summed E-state index contributed by atoms with van der Waals surface area (Å²) in [4.78, 5) is 57.6. The molecule has 7 N–H and O–H groups in total. The highest BCUT2D eigenvalue weighted by atomic mass is 31.2. The molecule has 2 aliphatic rings. The lowest BCUT2D eigenvalue weighted by Gasteiger charge is -2.23. The monoisotopic (exact) mass is 708 g/mol. The highest BCUT2D eigenvalue weighted by molar-refractivity contribution is 7.47. The third-order valence-corrected chi connectivity index (χ3v) is 8.89. The third-order valence-electron chi connectivity index (χ3n) is 6.92. The third kappa shape index (κ3) is 7.65. The number of nitrogens with two attached hydrogens (primary N) is 1. The number of ether oxygens (including phenoxy) is 2. The van der Waals surface area contributed by atoms with Gasteiger partial charge in [-0.25, -0.2) is 33.3 Å². The van der Waals surface area contributed by atoms with Crippen molar-refractivity contribution in [3.8, 4) is 6.07 Å². The smallest absolute Gasteiger partial charge is 0.387 e. The first kappa shape index (κ1) is 34.8. The molecular formula is C22H27FN8O14P2. The number of aromatic amines is 1. The van der Waals surface area contributed by atoms with Crippen LogP contribution in [0.5, 0.6) is 0 Å². The number of hydrogen-bond donors (Lipinski definition) is 6. The molecule has 3 aromatic heterocycles. The van der Waals surface area contributed by atoms with E-state index in [0.717, 1.165) is 34.1 Å². The van der Waals surface area contributed by atoms with Crippen LogP contribution in [0.15, 0.2) is 34.5 Å². The second kappa shape index (κ2) is 13.9. The van der Waals surface area contributed by atoms with Gasteiger partial charge in [0, 0.05) is 12.3 Å². The minimum Gasteiger partial charge on any atom is -0.387 e. The number of anilines is 1. The molecule has 256 valence electrons. The van der Waals surface area contributed by atoms with Gasteiger partial charge in [-0.3, -0.25) is 37.0 Å². The number of imidazole rings is 1. The number of aliphatic hydroxyl groups excluding tert-OH is 2. The van der Waals surface area contributed by atoms with E-state index >= 15 is 4.39 Å². The Morgan fingerprint density at radius 2 is 1.72 bits per heavy atom. The van der Waals surface area contributed by atoms with Crippen LogP contribution in [0.1, 0.15) is 18.9 Å². The SMILES string of the molecule is N#CCCOP(=O)(O)OC[C@H]1O[C@@H](n2cnc3c(N)ncnc32)C(F)C1OP(=O)(O)OC[C@H]1OC(n2ccc(=O)[nH]c2=O)C(O)C1O. The van der Waals surface area contributed by atoms with Crippen LogP contribution in [0.3, 0.4) is 0 Å². The summed E-state index contributed by atoms with van der Waals surface area (Å²) in [5.74, 6) is -0.0482. The lowest BCUT2D eigenvalue weighted by atomic mass is 10.1. The van der Waals surface area contributed by atoms with Crippen molar-refractivity contribution < 1.29 is 61.1 Å². The Labute approximate surface area is 261 Å². The summed E-state index contributed by atoms with van der Waals surface area (Å²) in [6, 6.07) is 2.65. The largest absolute Gasteiger partial charge is 0.472 e. The Hall–Kier alpha value is -3.49. The van der Waals surface area contributed by atoms with E-state index in [2.05, 4.69) is 19.5 Å². The van der Waals surface area contributed by atoms with E-state index in [1.165, 1.54) is 0 Å². The van der Waals surface area contributed by atoms with Crippen LogP contribution in [-0.2, 0) is 36.7 Å². The summed E-state index contributed by atoms with van der Waals surface area (Å²) in [5, 5.41) is 29.4. The van der Waals surface area contributed by atoms with Crippen molar-refractivity contribution in [1.82, 2.24) is 29.1 Å². The number of nitrogens with one attached hydrogen (secondary N) is 1. The first-order valence-electron chi connectivity index (χ1n) is 13.4. The number of hydrogen-bond acceptors (Lipinski definition) is 17. The van der Waals surface area contributed by atoms with Crippen molar-refractivity contribution in [2.24, 2.45) is 0 Å². The fraction of sp³-hybridized carbons (Fsp3) is 0.545. The van der Waals surface area contributed by atoms with Crippen molar-refractivity contribution in [3.63, 3.8) is 0 Å². The lowest BCUT2D eigenvalue weighted by Crippen LogP contribution is -2.37. The highest BCUT2D eigenvalue weighted by Crippen LogP contribution is 2.51. The normalized spacial score (nSPS) is 30.2. The van der Waals surface area contributed by atoms with Crippen LogP contribution in [0.4, 0.5) is 10.2 Å². The predicted octanol–water partition coefficient (Wildman–Crippen LogP) is -1.64. The number of aromatic nitrogens is 6. The molecule has 47 heavy (non-hydrogen) atoms. The number of nitriles is 1. The number of phosphoric ester groups is 2. The average Bonchev–Trinajstić information content (AvgIpc) is 3.66. The molecule has 0 amide bonds. The van der Waals surface area contributed by atoms with Crippen LogP contribution >= 0.6 is 15.6 Å². The van der Waals surface area contributed by atoms with Crippen LogP contribution < -0.4 is 17.0 Å². The highest BCUT2D eigenvalue weighted by Gasteiger charge is 2.52. The first-order valence-corrected chi connectivity index (χ1v) is 16.4. The van der Waals surface area contributed by atoms with Crippen LogP contribution in [-0.4, -0.2) is 106 Å². The van der Waals surface area contributed by atoms with Gasteiger partial charge < -0.3 is 35.2 Å². The van der Waals surface area contributed by atoms with Crippen LogP contribution in [0.25, 0.3) is 11.2 Å². The lowest BCUT2D eigenvalue weighted by molar-refractivity contribution is -0.0609. The Balaban J connectivity index is 1.31. The number of aliphatic hydroxyl groups is 2. The van der Waals surface area contributed by atoms with Crippen LogP contribution in [0.2, 0.25) is 0 Å². The molecule has 2 fully saturated rings. The minimum atomic E-state index is -5.30. The Kier molecular flexibility index (Phi) is 10.3. The molecule has 3 aromatic rings. The first-order chi connectivity index (χ1) is 22.2. The quantitative estimate of drug-likeness (QED) is 0.0856. The number of phosphoric acid groups is 2. The summed E-state index contributed by atoms with van der Waals surface area (Å²) in [5.41, 5.74) is 4.14. The zero-order chi connectivity index (χ0) is 34.1. The average molecular weight is 708 g/mol. The molecule has 0 aromatic carbocycles. The van der Waals surface area contributed by atoms with Gasteiger partial charge >= 0.3 is 21.3 Å². The van der Waals surface area contributed by atoms with E-state index in [1.54, 1.807) is 6.07 Å². The van der Waals surface area contributed by atoms with E-state index in [9.17, 15) is 38.7 Å². The Bertz CT molecular complexity index is 1850. The molecule has 5 heterocycles. The number of alkyl halides is 1. The molecule has 0 bridgehead atoms. The van der Waals surface area contributed by atoms with Gasteiger partial charge in [0.2, 0.25) is 0 Å². The number of nitrogens with zero attached hydrogens (tertiary/aromatic N) is 6. The summed E-state index contributed by atoms with van der Waals surface area (Å²) in [6.45, 7) is -2.35. The van der Waals surface area contributed by atoms with Gasteiger partial charge in [-0.15, -0.1) is 0 Å². The van der Waals surface area contributed by atoms with E-state index in [0.29, 0.717) is 0 Å². The van der Waals surface area contributed by atoms with Gasteiger partial charge in [-0.05, 0) is 0 Å². The molecule has 10 atom stereocenters. The molecule has 2 saturated heterocycles. The van der Waals surface area contributed by atoms with E-state index < -0.39 is 95.9 Å². The second-order valence-electron chi connectivity index (χ2n) is 10.00. The van der Waals surface area contributed by atoms with Gasteiger partial charge in [0.1, 0.15) is 42.4 Å². The molecule has 25 heteroatoms. The summed E-state index contributed by atoms with van der Waals surface area (Å²) in [7, 11) is -10.1. The number of fused-ring (bicyclic) bond motifs is 1. The van der Waals surface area contributed by atoms with Gasteiger partial charge in [0.15, 0.2) is 30.1 Å². The molecule has 0 radical (unpaired) electrons. The molecule has 22 nitrogen and oxygen atoms in total. The number of nitrogen functional groups attached to an aromatic ring is 1. The maximum absolute atomic E-state index is 16.0. The Morgan fingerprint density at radius 3 is 2.45 bits per heavy atom. The van der Waals surface area contributed by atoms with E-state index in [-0.39, 0.29) is 23.4 Å². The van der Waals surface area contributed by atoms with Gasteiger partial charge in [-0.2, -0.15) is 5.26 Å². The fourth-order valence-electron chi connectivity index (χ4n) is 4.72. The van der Waals surface area contributed by atoms with Crippen molar-refractivity contribution in [1.29, 1.82) is 5.26 Å². The molecule has 0 spiro atoms. The number of H-pyrrole nitrogens is 1. The van der Waals surface area contributed by atoms with E-state index in [4.69, 9.17) is 34.0 Å². The van der Waals surface area contributed by atoms with Crippen molar-refractivity contribution in [3.05, 3.63) is 45.8 Å². The van der Waals surface area contributed by atoms with Crippen molar-refractivity contribution >= 4 is 32.6 Å². The Morgan fingerprint density at radius 1 is 1.02 bits per heavy atom. The fourth-order valence-corrected chi connectivity index (χ4v) is 6.41. The molecular weight excluding hydrogens is 681 g/mol. The van der Waals surface area contributed by atoms with Crippen LogP contribution in [0, 0.1) is 11.3 Å². The molecule has 5 rings (SSSR count). The minimum absolute atomic E-state index is 0.00338. The zero-order valence-corrected chi connectivity index (χ0v) is 25.4. The molecule has 7 unspecified atom stereocenters. The number of halogens is 1. The summed E-state index contributed by atoms with van der Waals surface area (Å²) >= 11 is 0. The molecule has 2 aliphatic heterocycles. The maximum atomic E-state index is 16.0. The van der Waals surface area contributed by atoms with Gasteiger partial charge in [0.05, 0.1) is 38.6 Å². The standard InChI is InChI=1S/C22H27FN8O14P2/c23-13-17(45-47(38,39)42-6-10-15(33)16(34)21(43-10)30-4-2-12(32)29-22(30)35)11(7-41-46(36,37)40-5-1-3-24)44-20(13)31-9-28-14-18(25)26-8-27-19(14)31/h2,4,8-11,13,15-17,20-21,33-34H,1,5-7H2,(H,36,37)(H,38,39)(H2,25,26,27)(H,29,32,35)/t10-,11-,13?,15?,16?,17?,20-,21?/m1/s1. The number of rotatable bonds is 13. The van der Waals surface area contributed by atoms with Crippen molar-refractivity contribution in [2.75, 3.05) is 25.6 Å². The zero-order valence-electron chi connectivity index (χ0n) is 23.7. The van der Waals surface area contributed by atoms with Gasteiger partial charge in [-0.1, -0.05) is 0 Å².